The summed E-state index contributed by atoms with van der Waals surface area (Å²) in [5, 5.41) is 0. The molecular formula is C12H19N3O3S. The van der Waals surface area contributed by atoms with Gasteiger partial charge in [-0.05, 0) is 26.7 Å². The molecule has 1 saturated heterocycles. The zero-order chi connectivity index (χ0) is 14.0. The first-order valence-electron chi connectivity index (χ1n) is 6.28. The van der Waals surface area contributed by atoms with Crippen LogP contribution in [-0.4, -0.2) is 43.8 Å². The van der Waals surface area contributed by atoms with Crippen LogP contribution in [0.25, 0.3) is 0 Å². The molecule has 7 heteroatoms. The van der Waals surface area contributed by atoms with Gasteiger partial charge in [0.2, 0.25) is 0 Å². The molecule has 6 nitrogen and oxygen atoms in total. The Balaban J connectivity index is 2.02. The highest BCUT2D eigenvalue weighted by Crippen LogP contribution is 2.23. The molecule has 0 spiro atoms. The molecule has 0 atom stereocenters. The standard InChI is InChI=1S/C12H19N3O3S/c1-9-8-13-10(2)14-12(9)15-6-4-11(5-7-15)18-19(3,16)17/h8,11H,4-7H2,1-3H3. The van der Waals surface area contributed by atoms with Crippen LogP contribution in [0.1, 0.15) is 24.2 Å². The van der Waals surface area contributed by atoms with E-state index in [1.165, 1.54) is 0 Å². The van der Waals surface area contributed by atoms with E-state index < -0.39 is 10.1 Å². The maximum absolute atomic E-state index is 11.1. The number of hydrogen-bond acceptors (Lipinski definition) is 6. The normalized spacial score (nSPS) is 17.7. The highest BCUT2D eigenvalue weighted by molar-refractivity contribution is 7.86. The smallest absolute Gasteiger partial charge is 0.264 e. The molecule has 0 aliphatic carbocycles. The van der Waals surface area contributed by atoms with Crippen molar-refractivity contribution in [3.05, 3.63) is 17.6 Å². The molecule has 1 aliphatic heterocycles. The summed E-state index contributed by atoms with van der Waals surface area (Å²) in [7, 11) is -3.36. The van der Waals surface area contributed by atoms with Crippen molar-refractivity contribution in [3.8, 4) is 0 Å². The fraction of sp³-hybridized carbons (Fsp3) is 0.667. The van der Waals surface area contributed by atoms with Crippen LogP contribution >= 0.6 is 0 Å². The Bertz CT molecular complexity index is 551. The summed E-state index contributed by atoms with van der Waals surface area (Å²) in [5.74, 6) is 1.68. The van der Waals surface area contributed by atoms with Crippen LogP contribution < -0.4 is 4.90 Å². The van der Waals surface area contributed by atoms with Crippen LogP contribution in [0.15, 0.2) is 6.20 Å². The zero-order valence-corrected chi connectivity index (χ0v) is 12.3. The molecule has 1 aromatic rings. The first-order valence-corrected chi connectivity index (χ1v) is 8.10. The molecule has 1 aromatic heterocycles. The van der Waals surface area contributed by atoms with E-state index in [0.717, 1.165) is 36.6 Å². The first kappa shape index (κ1) is 14.2. The Hall–Kier alpha value is -1.21. The summed E-state index contributed by atoms with van der Waals surface area (Å²) in [4.78, 5) is 10.8. The van der Waals surface area contributed by atoms with E-state index in [9.17, 15) is 8.42 Å². The van der Waals surface area contributed by atoms with Crippen LogP contribution in [-0.2, 0) is 14.3 Å². The maximum atomic E-state index is 11.1. The molecule has 1 aliphatic rings. The van der Waals surface area contributed by atoms with Gasteiger partial charge in [-0.3, -0.25) is 4.18 Å². The monoisotopic (exact) mass is 285 g/mol. The molecule has 1 fully saturated rings. The van der Waals surface area contributed by atoms with Gasteiger partial charge in [0.25, 0.3) is 10.1 Å². The fourth-order valence-electron chi connectivity index (χ4n) is 2.25. The molecule has 106 valence electrons. The van der Waals surface area contributed by atoms with Crippen molar-refractivity contribution in [1.29, 1.82) is 0 Å². The van der Waals surface area contributed by atoms with E-state index in [2.05, 4.69) is 14.9 Å². The lowest BCUT2D eigenvalue weighted by atomic mass is 10.1. The number of aromatic nitrogens is 2. The number of aryl methyl sites for hydroxylation is 2. The third-order valence-corrected chi connectivity index (χ3v) is 3.74. The second-order valence-electron chi connectivity index (χ2n) is 4.91. The maximum Gasteiger partial charge on any atom is 0.264 e. The Kier molecular flexibility index (Phi) is 4.05. The molecule has 0 N–H and O–H groups in total. The molecule has 2 heterocycles. The minimum absolute atomic E-state index is 0.213. The molecule has 19 heavy (non-hydrogen) atoms. The number of rotatable bonds is 3. The van der Waals surface area contributed by atoms with Gasteiger partial charge in [0.05, 0.1) is 12.4 Å². The minimum Gasteiger partial charge on any atom is -0.356 e. The highest BCUT2D eigenvalue weighted by Gasteiger charge is 2.24. The topological polar surface area (TPSA) is 72.4 Å². The van der Waals surface area contributed by atoms with Gasteiger partial charge in [0.15, 0.2) is 0 Å². The van der Waals surface area contributed by atoms with Crippen molar-refractivity contribution in [3.63, 3.8) is 0 Å². The summed E-state index contributed by atoms with van der Waals surface area (Å²) < 4.78 is 27.2. The largest absolute Gasteiger partial charge is 0.356 e. The third-order valence-electron chi connectivity index (χ3n) is 3.12. The van der Waals surface area contributed by atoms with E-state index in [1.807, 2.05) is 20.0 Å². The van der Waals surface area contributed by atoms with E-state index in [1.54, 1.807) is 0 Å². The average molecular weight is 285 g/mol. The average Bonchev–Trinajstić information content (AvgIpc) is 2.31. The van der Waals surface area contributed by atoms with Gasteiger partial charge in [0, 0.05) is 24.8 Å². The van der Waals surface area contributed by atoms with Crippen LogP contribution in [0.2, 0.25) is 0 Å². The van der Waals surface area contributed by atoms with Gasteiger partial charge < -0.3 is 4.90 Å². The second kappa shape index (κ2) is 5.42. The zero-order valence-electron chi connectivity index (χ0n) is 11.5. The first-order chi connectivity index (χ1) is 8.85. The summed E-state index contributed by atoms with van der Waals surface area (Å²) in [6.07, 6.45) is 4.08. The third kappa shape index (κ3) is 3.87. The molecule has 0 bridgehead atoms. The van der Waals surface area contributed by atoms with Crippen LogP contribution in [0.3, 0.4) is 0 Å². The summed E-state index contributed by atoms with van der Waals surface area (Å²) >= 11 is 0. The van der Waals surface area contributed by atoms with Crippen LogP contribution in [0, 0.1) is 13.8 Å². The lowest BCUT2D eigenvalue weighted by Crippen LogP contribution is -2.38. The lowest BCUT2D eigenvalue weighted by Gasteiger charge is -2.32. The van der Waals surface area contributed by atoms with E-state index in [-0.39, 0.29) is 6.10 Å². The van der Waals surface area contributed by atoms with Crippen molar-refractivity contribution >= 4 is 15.9 Å². The van der Waals surface area contributed by atoms with Gasteiger partial charge in [-0.25, -0.2) is 9.97 Å². The van der Waals surface area contributed by atoms with Crippen LogP contribution in [0.5, 0.6) is 0 Å². The quantitative estimate of drug-likeness (QED) is 0.773. The van der Waals surface area contributed by atoms with E-state index in [4.69, 9.17) is 4.18 Å². The summed E-state index contributed by atoms with van der Waals surface area (Å²) in [5.41, 5.74) is 1.04. The lowest BCUT2D eigenvalue weighted by molar-refractivity contribution is 0.180. The number of piperidine rings is 1. The Morgan fingerprint density at radius 3 is 2.53 bits per heavy atom. The molecule has 0 aromatic carbocycles. The predicted octanol–water partition coefficient (Wildman–Crippen LogP) is 1.04. The molecule has 0 amide bonds. The van der Waals surface area contributed by atoms with E-state index >= 15 is 0 Å². The summed E-state index contributed by atoms with van der Waals surface area (Å²) in [6.45, 7) is 5.34. The van der Waals surface area contributed by atoms with Gasteiger partial charge in [-0.1, -0.05) is 0 Å². The fourth-order valence-corrected chi connectivity index (χ4v) is 2.94. The Morgan fingerprint density at radius 1 is 1.32 bits per heavy atom. The van der Waals surface area contributed by atoms with Crippen molar-refractivity contribution in [2.24, 2.45) is 0 Å². The van der Waals surface area contributed by atoms with Gasteiger partial charge in [-0.2, -0.15) is 8.42 Å². The predicted molar refractivity (Wildman–Crippen MR) is 72.7 cm³/mol. The minimum atomic E-state index is -3.36. The molecule has 2 rings (SSSR count). The molecule has 0 radical (unpaired) electrons. The van der Waals surface area contributed by atoms with Crippen molar-refractivity contribution in [2.75, 3.05) is 24.2 Å². The van der Waals surface area contributed by atoms with Crippen molar-refractivity contribution in [2.45, 2.75) is 32.8 Å². The Labute approximate surface area is 113 Å². The number of nitrogens with zero attached hydrogens (tertiary/aromatic N) is 3. The number of anilines is 1. The summed E-state index contributed by atoms with van der Waals surface area (Å²) in [6, 6.07) is 0. The highest BCUT2D eigenvalue weighted by atomic mass is 32.2. The van der Waals surface area contributed by atoms with Crippen molar-refractivity contribution in [1.82, 2.24) is 9.97 Å². The van der Waals surface area contributed by atoms with Gasteiger partial charge in [0.1, 0.15) is 11.6 Å². The Morgan fingerprint density at radius 2 is 1.95 bits per heavy atom. The van der Waals surface area contributed by atoms with E-state index in [0.29, 0.717) is 12.8 Å². The molecule has 0 unspecified atom stereocenters. The van der Waals surface area contributed by atoms with Crippen LogP contribution in [0.4, 0.5) is 5.82 Å². The molecular weight excluding hydrogens is 266 g/mol. The molecule has 0 saturated carbocycles. The number of hydrogen-bond donors (Lipinski definition) is 0. The van der Waals surface area contributed by atoms with Crippen molar-refractivity contribution < 1.29 is 12.6 Å². The van der Waals surface area contributed by atoms with Gasteiger partial charge in [-0.15, -0.1) is 0 Å². The van der Waals surface area contributed by atoms with Gasteiger partial charge >= 0.3 is 0 Å². The second-order valence-corrected chi connectivity index (χ2v) is 6.51. The SMILES string of the molecule is Cc1ncc(C)c(N2CCC(OS(C)(=O)=O)CC2)n1.